The van der Waals surface area contributed by atoms with Gasteiger partial charge in [0.05, 0.1) is 0 Å². The van der Waals surface area contributed by atoms with Crippen LogP contribution in [0.25, 0.3) is 22.3 Å². The lowest BCUT2D eigenvalue weighted by Crippen LogP contribution is -2.02. The molecule has 0 bridgehead atoms. The third-order valence-corrected chi connectivity index (χ3v) is 3.11. The van der Waals surface area contributed by atoms with Gasteiger partial charge in [-0.1, -0.05) is 6.07 Å². The fourth-order valence-electron chi connectivity index (χ4n) is 2.07. The topological polar surface area (TPSA) is 111 Å². The molecule has 0 aliphatic heterocycles. The number of fused-ring (bicyclic) bond motifs is 1. The quantitative estimate of drug-likeness (QED) is 0.511. The number of benzene rings is 2. The molecule has 3 aromatic rings. The largest absolute Gasteiger partial charge is 0.507 e. The summed E-state index contributed by atoms with van der Waals surface area (Å²) in [7, 11) is 0. The minimum atomic E-state index is -0.781. The SMILES string of the molecule is O=c1c(O)c(-c2ccc(O)c(O)c2)oc2cccc(O)c12. The van der Waals surface area contributed by atoms with Gasteiger partial charge in [0.2, 0.25) is 11.2 Å². The maximum atomic E-state index is 12.1. The highest BCUT2D eigenvalue weighted by Gasteiger charge is 2.18. The van der Waals surface area contributed by atoms with Crippen molar-refractivity contribution in [3.05, 3.63) is 46.6 Å². The van der Waals surface area contributed by atoms with Crippen LogP contribution in [0, 0.1) is 0 Å². The average molecular weight is 286 g/mol. The lowest BCUT2D eigenvalue weighted by molar-refractivity contribution is 0.403. The van der Waals surface area contributed by atoms with Gasteiger partial charge in [-0.2, -0.15) is 0 Å². The Morgan fingerprint density at radius 2 is 1.62 bits per heavy atom. The van der Waals surface area contributed by atoms with E-state index in [1.165, 1.54) is 30.3 Å². The van der Waals surface area contributed by atoms with E-state index in [1.807, 2.05) is 0 Å². The molecule has 6 heteroatoms. The van der Waals surface area contributed by atoms with Crippen molar-refractivity contribution in [3.8, 4) is 34.3 Å². The van der Waals surface area contributed by atoms with Crippen LogP contribution in [0.3, 0.4) is 0 Å². The fraction of sp³-hybridized carbons (Fsp3) is 0. The normalized spacial score (nSPS) is 10.9. The van der Waals surface area contributed by atoms with E-state index in [9.17, 15) is 25.2 Å². The highest BCUT2D eigenvalue weighted by Crippen LogP contribution is 2.36. The van der Waals surface area contributed by atoms with Crippen LogP contribution in [-0.4, -0.2) is 20.4 Å². The first-order chi connectivity index (χ1) is 9.99. The highest BCUT2D eigenvalue weighted by atomic mass is 16.4. The molecule has 0 radical (unpaired) electrons. The average Bonchev–Trinajstić information content (AvgIpc) is 2.46. The number of rotatable bonds is 1. The first-order valence-corrected chi connectivity index (χ1v) is 5.99. The zero-order chi connectivity index (χ0) is 15.1. The van der Waals surface area contributed by atoms with Gasteiger partial charge in [-0.3, -0.25) is 4.79 Å². The Bertz CT molecular complexity index is 910. The Balaban J connectivity index is 2.36. The van der Waals surface area contributed by atoms with Crippen LogP contribution >= 0.6 is 0 Å². The first-order valence-electron chi connectivity index (χ1n) is 5.99. The maximum Gasteiger partial charge on any atom is 0.238 e. The number of phenols is 3. The highest BCUT2D eigenvalue weighted by molar-refractivity contribution is 5.86. The molecule has 106 valence electrons. The molecule has 3 rings (SSSR count). The van der Waals surface area contributed by atoms with Crippen LogP contribution in [0.5, 0.6) is 23.0 Å². The molecule has 0 fully saturated rings. The van der Waals surface area contributed by atoms with Crippen LogP contribution in [-0.2, 0) is 0 Å². The molecule has 0 saturated carbocycles. The fourth-order valence-corrected chi connectivity index (χ4v) is 2.07. The molecular weight excluding hydrogens is 276 g/mol. The number of hydrogen-bond donors (Lipinski definition) is 4. The van der Waals surface area contributed by atoms with E-state index in [4.69, 9.17) is 4.42 Å². The van der Waals surface area contributed by atoms with E-state index in [-0.39, 0.29) is 33.8 Å². The predicted molar refractivity (Wildman–Crippen MR) is 74.6 cm³/mol. The van der Waals surface area contributed by atoms with Crippen molar-refractivity contribution in [1.82, 2.24) is 0 Å². The second kappa shape index (κ2) is 4.45. The number of phenolic OH excluding ortho intramolecular Hbond substituents is 3. The first kappa shape index (κ1) is 12.9. The van der Waals surface area contributed by atoms with Gasteiger partial charge in [0.15, 0.2) is 17.3 Å². The Morgan fingerprint density at radius 3 is 2.33 bits per heavy atom. The van der Waals surface area contributed by atoms with Gasteiger partial charge in [-0.15, -0.1) is 0 Å². The van der Waals surface area contributed by atoms with Crippen molar-refractivity contribution in [2.45, 2.75) is 0 Å². The summed E-state index contributed by atoms with van der Waals surface area (Å²) in [5, 5.41) is 38.3. The smallest absolute Gasteiger partial charge is 0.238 e. The predicted octanol–water partition coefficient (Wildman–Crippen LogP) is 2.28. The molecule has 1 aromatic heterocycles. The standard InChI is InChI=1S/C15H10O6/c16-8-5-4-7(6-10(8)18)15-14(20)13(19)12-9(17)2-1-3-11(12)21-15/h1-6,16-18,20H. The molecular formula is C15H10O6. The lowest BCUT2D eigenvalue weighted by atomic mass is 10.1. The molecule has 0 unspecified atom stereocenters. The molecule has 0 saturated heterocycles. The number of hydrogen-bond acceptors (Lipinski definition) is 6. The summed E-state index contributed by atoms with van der Waals surface area (Å²) in [6.07, 6.45) is 0. The van der Waals surface area contributed by atoms with E-state index >= 15 is 0 Å². The van der Waals surface area contributed by atoms with Crippen LogP contribution in [0.15, 0.2) is 45.6 Å². The molecule has 0 aliphatic carbocycles. The number of aromatic hydroxyl groups is 4. The van der Waals surface area contributed by atoms with Gasteiger partial charge in [0.25, 0.3) is 0 Å². The molecule has 4 N–H and O–H groups in total. The van der Waals surface area contributed by atoms with Crippen molar-refractivity contribution < 1.29 is 24.8 Å². The summed E-state index contributed by atoms with van der Waals surface area (Å²) >= 11 is 0. The monoisotopic (exact) mass is 286 g/mol. The minimum Gasteiger partial charge on any atom is -0.507 e. The second-order valence-corrected chi connectivity index (χ2v) is 4.46. The summed E-state index contributed by atoms with van der Waals surface area (Å²) in [5.41, 5.74) is -0.470. The lowest BCUT2D eigenvalue weighted by Gasteiger charge is -2.07. The molecule has 1 heterocycles. The van der Waals surface area contributed by atoms with E-state index < -0.39 is 16.9 Å². The molecule has 21 heavy (non-hydrogen) atoms. The zero-order valence-corrected chi connectivity index (χ0v) is 10.6. The zero-order valence-electron chi connectivity index (χ0n) is 10.6. The second-order valence-electron chi connectivity index (χ2n) is 4.46. The van der Waals surface area contributed by atoms with Crippen molar-refractivity contribution in [1.29, 1.82) is 0 Å². The van der Waals surface area contributed by atoms with Gasteiger partial charge in [-0.25, -0.2) is 0 Å². The van der Waals surface area contributed by atoms with Gasteiger partial charge in [0.1, 0.15) is 16.7 Å². The van der Waals surface area contributed by atoms with Gasteiger partial charge in [-0.05, 0) is 30.3 Å². The van der Waals surface area contributed by atoms with Crippen molar-refractivity contribution in [3.63, 3.8) is 0 Å². The maximum absolute atomic E-state index is 12.1. The minimum absolute atomic E-state index is 0.0976. The Labute approximate surface area is 117 Å². The van der Waals surface area contributed by atoms with Crippen LogP contribution in [0.2, 0.25) is 0 Å². The van der Waals surface area contributed by atoms with Crippen LogP contribution in [0.1, 0.15) is 0 Å². The van der Waals surface area contributed by atoms with E-state index in [1.54, 1.807) is 0 Å². The van der Waals surface area contributed by atoms with Gasteiger partial charge < -0.3 is 24.8 Å². The molecule has 0 amide bonds. The van der Waals surface area contributed by atoms with E-state index in [2.05, 4.69) is 0 Å². The Kier molecular flexibility index (Phi) is 2.72. The van der Waals surface area contributed by atoms with E-state index in [0.29, 0.717) is 0 Å². The Morgan fingerprint density at radius 1 is 0.857 bits per heavy atom. The Hall–Kier alpha value is -3.15. The summed E-state index contributed by atoms with van der Waals surface area (Å²) in [4.78, 5) is 12.1. The van der Waals surface area contributed by atoms with Crippen molar-refractivity contribution in [2.75, 3.05) is 0 Å². The summed E-state index contributed by atoms with van der Waals surface area (Å²) in [6, 6.07) is 8.01. The molecule has 0 atom stereocenters. The third kappa shape index (κ3) is 1.93. The van der Waals surface area contributed by atoms with Crippen molar-refractivity contribution in [2.24, 2.45) is 0 Å². The molecule has 2 aromatic carbocycles. The molecule has 0 aliphatic rings. The molecule has 6 nitrogen and oxygen atoms in total. The molecule has 0 spiro atoms. The summed E-state index contributed by atoms with van der Waals surface area (Å²) < 4.78 is 5.43. The van der Waals surface area contributed by atoms with Crippen molar-refractivity contribution >= 4 is 11.0 Å². The summed E-state index contributed by atoms with van der Waals surface area (Å²) in [6.45, 7) is 0. The van der Waals surface area contributed by atoms with Crippen LogP contribution < -0.4 is 5.43 Å². The van der Waals surface area contributed by atoms with Gasteiger partial charge >= 0.3 is 0 Å². The van der Waals surface area contributed by atoms with E-state index in [0.717, 1.165) is 6.07 Å². The summed E-state index contributed by atoms with van der Waals surface area (Å²) in [5.74, 6) is -1.89. The van der Waals surface area contributed by atoms with Crippen LogP contribution in [0.4, 0.5) is 0 Å². The third-order valence-electron chi connectivity index (χ3n) is 3.11. The van der Waals surface area contributed by atoms with Gasteiger partial charge in [0, 0.05) is 5.56 Å².